The highest BCUT2D eigenvalue weighted by molar-refractivity contribution is 6.31. The van der Waals surface area contributed by atoms with Crippen molar-refractivity contribution in [3.63, 3.8) is 0 Å². The summed E-state index contributed by atoms with van der Waals surface area (Å²) in [7, 11) is 0. The number of hydrogen-bond donors (Lipinski definition) is 2. The van der Waals surface area contributed by atoms with Gasteiger partial charge in [-0.3, -0.25) is 0 Å². The molecule has 3 rings (SSSR count). The molecule has 0 aliphatic rings. The SMILES string of the molecule is N#Cc1ccc2ncc(CNCC(O)c3ccccc3Cl)n2c1. The fourth-order valence-electron chi connectivity index (χ4n) is 2.42. The second-order valence-corrected chi connectivity index (χ2v) is 5.58. The highest BCUT2D eigenvalue weighted by atomic mass is 35.5. The van der Waals surface area contributed by atoms with E-state index in [-0.39, 0.29) is 0 Å². The van der Waals surface area contributed by atoms with Crippen LogP contribution < -0.4 is 5.32 Å². The third-order valence-electron chi connectivity index (χ3n) is 3.62. The van der Waals surface area contributed by atoms with Crippen LogP contribution in [0.15, 0.2) is 48.8 Å². The van der Waals surface area contributed by atoms with Crippen LogP contribution in [0.25, 0.3) is 5.65 Å². The zero-order chi connectivity index (χ0) is 16.2. The van der Waals surface area contributed by atoms with Crippen molar-refractivity contribution < 1.29 is 5.11 Å². The lowest BCUT2D eigenvalue weighted by Crippen LogP contribution is -2.22. The van der Waals surface area contributed by atoms with E-state index in [9.17, 15) is 5.11 Å². The molecule has 0 saturated heterocycles. The molecule has 2 N–H and O–H groups in total. The van der Waals surface area contributed by atoms with Crippen molar-refractivity contribution in [2.24, 2.45) is 0 Å². The number of benzene rings is 1. The number of aliphatic hydroxyl groups excluding tert-OH is 1. The Hall–Kier alpha value is -2.39. The van der Waals surface area contributed by atoms with Gasteiger partial charge in [0.2, 0.25) is 0 Å². The Morgan fingerprint density at radius 2 is 2.13 bits per heavy atom. The second-order valence-electron chi connectivity index (χ2n) is 5.18. The number of nitrogens with zero attached hydrogens (tertiary/aromatic N) is 3. The molecule has 3 aromatic rings. The van der Waals surface area contributed by atoms with Gasteiger partial charge in [0.05, 0.1) is 23.6 Å². The summed E-state index contributed by atoms with van der Waals surface area (Å²) in [6.07, 6.45) is 2.83. The summed E-state index contributed by atoms with van der Waals surface area (Å²) in [5, 5.41) is 22.9. The van der Waals surface area contributed by atoms with E-state index in [0.717, 1.165) is 11.3 Å². The number of aromatic nitrogens is 2. The molecule has 2 heterocycles. The number of rotatable bonds is 5. The molecule has 1 atom stereocenters. The predicted octanol–water partition coefficient (Wildman–Crippen LogP) is 2.68. The van der Waals surface area contributed by atoms with Crippen LogP contribution in [0.2, 0.25) is 5.02 Å². The Bertz CT molecular complexity index is 868. The molecular weight excluding hydrogens is 312 g/mol. The number of halogens is 1. The molecule has 0 amide bonds. The summed E-state index contributed by atoms with van der Waals surface area (Å²) >= 11 is 6.08. The van der Waals surface area contributed by atoms with Crippen LogP contribution in [0.5, 0.6) is 0 Å². The van der Waals surface area contributed by atoms with Gasteiger partial charge in [0.25, 0.3) is 0 Å². The summed E-state index contributed by atoms with van der Waals surface area (Å²) in [6, 6.07) is 12.9. The molecule has 0 radical (unpaired) electrons. The van der Waals surface area contributed by atoms with E-state index in [4.69, 9.17) is 16.9 Å². The van der Waals surface area contributed by atoms with Crippen LogP contribution in [0.3, 0.4) is 0 Å². The topological polar surface area (TPSA) is 73.3 Å². The van der Waals surface area contributed by atoms with Gasteiger partial charge in [-0.2, -0.15) is 5.26 Å². The van der Waals surface area contributed by atoms with Gasteiger partial charge in [0, 0.05) is 29.9 Å². The van der Waals surface area contributed by atoms with Gasteiger partial charge in [-0.15, -0.1) is 0 Å². The lowest BCUT2D eigenvalue weighted by atomic mass is 10.1. The number of nitriles is 1. The average molecular weight is 327 g/mol. The van der Waals surface area contributed by atoms with E-state index < -0.39 is 6.10 Å². The van der Waals surface area contributed by atoms with Crippen molar-refractivity contribution in [3.05, 3.63) is 70.6 Å². The Labute approximate surface area is 138 Å². The maximum Gasteiger partial charge on any atom is 0.137 e. The van der Waals surface area contributed by atoms with Gasteiger partial charge < -0.3 is 14.8 Å². The largest absolute Gasteiger partial charge is 0.387 e. The van der Waals surface area contributed by atoms with Crippen molar-refractivity contribution in [1.29, 1.82) is 5.26 Å². The van der Waals surface area contributed by atoms with Crippen LogP contribution in [0.1, 0.15) is 22.9 Å². The minimum absolute atomic E-state index is 0.370. The third-order valence-corrected chi connectivity index (χ3v) is 3.96. The summed E-state index contributed by atoms with van der Waals surface area (Å²) in [5.41, 5.74) is 2.98. The standard InChI is InChI=1S/C17H15ClN4O/c18-15-4-2-1-3-14(15)16(23)10-20-8-13-9-21-17-6-5-12(7-19)11-22(13)17/h1-6,9,11,16,20,23H,8,10H2. The van der Waals surface area contributed by atoms with Crippen molar-refractivity contribution in [3.8, 4) is 6.07 Å². The minimum Gasteiger partial charge on any atom is -0.387 e. The van der Waals surface area contributed by atoms with E-state index in [0.29, 0.717) is 29.2 Å². The Morgan fingerprint density at radius 3 is 2.91 bits per heavy atom. The minimum atomic E-state index is -0.683. The van der Waals surface area contributed by atoms with E-state index in [1.807, 2.05) is 22.6 Å². The maximum absolute atomic E-state index is 10.2. The Kier molecular flexibility index (Phi) is 4.58. The molecule has 0 bridgehead atoms. The summed E-state index contributed by atoms with van der Waals surface area (Å²) in [6.45, 7) is 0.895. The fraction of sp³-hybridized carbons (Fsp3) is 0.176. The highest BCUT2D eigenvalue weighted by Crippen LogP contribution is 2.21. The number of imidazole rings is 1. The Morgan fingerprint density at radius 1 is 1.30 bits per heavy atom. The summed E-state index contributed by atoms with van der Waals surface area (Å²) in [4.78, 5) is 4.29. The Balaban J connectivity index is 1.67. The fourth-order valence-corrected chi connectivity index (χ4v) is 2.68. The smallest absolute Gasteiger partial charge is 0.137 e. The molecule has 0 fully saturated rings. The number of hydrogen-bond acceptors (Lipinski definition) is 4. The van der Waals surface area contributed by atoms with Crippen molar-refractivity contribution in [2.75, 3.05) is 6.54 Å². The van der Waals surface area contributed by atoms with Crippen LogP contribution in [-0.4, -0.2) is 21.0 Å². The maximum atomic E-state index is 10.2. The number of pyridine rings is 1. The first-order valence-corrected chi connectivity index (χ1v) is 7.56. The molecule has 0 saturated carbocycles. The van der Waals surface area contributed by atoms with E-state index in [1.54, 1.807) is 30.6 Å². The van der Waals surface area contributed by atoms with E-state index in [2.05, 4.69) is 16.4 Å². The first-order chi connectivity index (χ1) is 11.2. The summed E-state index contributed by atoms with van der Waals surface area (Å²) in [5.74, 6) is 0. The molecule has 23 heavy (non-hydrogen) atoms. The van der Waals surface area contributed by atoms with Gasteiger partial charge in [-0.1, -0.05) is 29.8 Å². The number of aliphatic hydroxyl groups is 1. The molecule has 0 spiro atoms. The average Bonchev–Trinajstić information content (AvgIpc) is 2.97. The van der Waals surface area contributed by atoms with Gasteiger partial charge in [-0.25, -0.2) is 4.98 Å². The van der Waals surface area contributed by atoms with Gasteiger partial charge in [0.15, 0.2) is 0 Å². The van der Waals surface area contributed by atoms with E-state index in [1.165, 1.54) is 0 Å². The first-order valence-electron chi connectivity index (χ1n) is 7.18. The molecule has 2 aromatic heterocycles. The lowest BCUT2D eigenvalue weighted by molar-refractivity contribution is 0.174. The van der Waals surface area contributed by atoms with Crippen LogP contribution in [0, 0.1) is 11.3 Å². The summed E-state index contributed by atoms with van der Waals surface area (Å²) < 4.78 is 1.87. The predicted molar refractivity (Wildman–Crippen MR) is 88.0 cm³/mol. The molecule has 1 aromatic carbocycles. The lowest BCUT2D eigenvalue weighted by Gasteiger charge is -2.13. The van der Waals surface area contributed by atoms with Crippen molar-refractivity contribution >= 4 is 17.2 Å². The monoisotopic (exact) mass is 326 g/mol. The van der Waals surface area contributed by atoms with Crippen LogP contribution in [0.4, 0.5) is 0 Å². The number of nitrogens with one attached hydrogen (secondary N) is 1. The van der Waals surface area contributed by atoms with Crippen LogP contribution in [-0.2, 0) is 6.54 Å². The van der Waals surface area contributed by atoms with Gasteiger partial charge in [0.1, 0.15) is 11.7 Å². The highest BCUT2D eigenvalue weighted by Gasteiger charge is 2.11. The van der Waals surface area contributed by atoms with Gasteiger partial charge in [-0.05, 0) is 18.2 Å². The third kappa shape index (κ3) is 3.35. The molecule has 0 aliphatic carbocycles. The zero-order valence-electron chi connectivity index (χ0n) is 12.3. The molecule has 5 nitrogen and oxygen atoms in total. The second kappa shape index (κ2) is 6.80. The van der Waals surface area contributed by atoms with Gasteiger partial charge >= 0.3 is 0 Å². The van der Waals surface area contributed by atoms with Crippen molar-refractivity contribution in [1.82, 2.24) is 14.7 Å². The molecule has 6 heteroatoms. The normalized spacial score (nSPS) is 12.2. The molecule has 1 unspecified atom stereocenters. The number of fused-ring (bicyclic) bond motifs is 1. The zero-order valence-corrected chi connectivity index (χ0v) is 13.0. The van der Waals surface area contributed by atoms with E-state index >= 15 is 0 Å². The molecular formula is C17H15ClN4O. The first kappa shape index (κ1) is 15.5. The van der Waals surface area contributed by atoms with Crippen molar-refractivity contribution in [2.45, 2.75) is 12.6 Å². The molecule has 0 aliphatic heterocycles. The molecule has 116 valence electrons. The van der Waals surface area contributed by atoms with Crippen LogP contribution >= 0.6 is 11.6 Å². The quantitative estimate of drug-likeness (QED) is 0.756.